The van der Waals surface area contributed by atoms with Crippen molar-refractivity contribution >= 4 is 23.0 Å². The topological polar surface area (TPSA) is 55.6 Å². The van der Waals surface area contributed by atoms with E-state index in [0.717, 1.165) is 11.3 Å². The normalized spacial score (nSPS) is 18.0. The number of nitrogens with zero attached hydrogens (tertiary/aromatic N) is 2. The highest BCUT2D eigenvalue weighted by Gasteiger charge is 2.25. The second-order valence-corrected chi connectivity index (χ2v) is 5.96. The highest BCUT2D eigenvalue weighted by Crippen LogP contribution is 2.33. The van der Waals surface area contributed by atoms with Gasteiger partial charge < -0.3 is 9.64 Å². The molecule has 0 amide bonds. The maximum absolute atomic E-state index is 10.8. The average molecular weight is 333 g/mol. The lowest BCUT2D eigenvalue weighted by atomic mass is 10.0. The minimum atomic E-state index is -0.439. The van der Waals surface area contributed by atoms with Gasteiger partial charge in [0.15, 0.2) is 0 Å². The van der Waals surface area contributed by atoms with Crippen molar-refractivity contribution in [1.82, 2.24) is 0 Å². The number of hydrogen-bond donors (Lipinski definition) is 0. The molecule has 0 bridgehead atoms. The molecule has 120 valence electrons. The molecule has 1 atom stereocenters. The number of ether oxygens (including phenoxy) is 1. The lowest BCUT2D eigenvalue weighted by molar-refractivity contribution is -0.384. The fourth-order valence-electron chi connectivity index (χ4n) is 2.87. The molecule has 1 heterocycles. The summed E-state index contributed by atoms with van der Waals surface area (Å²) >= 11 is 6.24. The predicted octanol–water partition coefficient (Wildman–Crippen LogP) is 4.13. The summed E-state index contributed by atoms with van der Waals surface area (Å²) in [6, 6.07) is 12.7. The lowest BCUT2D eigenvalue weighted by Crippen LogP contribution is -2.38. The highest BCUT2D eigenvalue weighted by molar-refractivity contribution is 6.33. The zero-order chi connectivity index (χ0) is 16.4. The van der Waals surface area contributed by atoms with Crippen LogP contribution in [-0.4, -0.2) is 24.6 Å². The first kappa shape index (κ1) is 15.8. The number of nitro groups is 1. The van der Waals surface area contributed by atoms with Crippen LogP contribution in [0.25, 0.3) is 0 Å². The molecule has 5 nitrogen and oxygen atoms in total. The first-order valence-corrected chi connectivity index (χ1v) is 7.80. The molecule has 0 spiro atoms. The molecule has 6 heteroatoms. The van der Waals surface area contributed by atoms with Crippen LogP contribution in [0.1, 0.15) is 17.2 Å². The van der Waals surface area contributed by atoms with Gasteiger partial charge in [0.05, 0.1) is 22.2 Å². The van der Waals surface area contributed by atoms with E-state index < -0.39 is 4.92 Å². The van der Waals surface area contributed by atoms with Crippen LogP contribution < -0.4 is 4.90 Å². The Morgan fingerprint density at radius 2 is 2.09 bits per heavy atom. The van der Waals surface area contributed by atoms with E-state index in [9.17, 15) is 10.1 Å². The summed E-state index contributed by atoms with van der Waals surface area (Å²) in [5.41, 5.74) is 3.16. The maximum Gasteiger partial charge on any atom is 0.271 e. The Labute approximate surface area is 139 Å². The Morgan fingerprint density at radius 1 is 1.30 bits per heavy atom. The van der Waals surface area contributed by atoms with Gasteiger partial charge in [-0.05, 0) is 24.1 Å². The molecule has 0 aliphatic carbocycles. The second kappa shape index (κ2) is 6.56. The molecule has 1 aliphatic heterocycles. The molecule has 3 rings (SSSR count). The van der Waals surface area contributed by atoms with Crippen LogP contribution in [0.3, 0.4) is 0 Å². The van der Waals surface area contributed by atoms with Gasteiger partial charge >= 0.3 is 0 Å². The minimum absolute atomic E-state index is 0.00228. The summed E-state index contributed by atoms with van der Waals surface area (Å²) < 4.78 is 5.91. The third-order valence-corrected chi connectivity index (χ3v) is 4.39. The number of aryl methyl sites for hydroxylation is 1. The van der Waals surface area contributed by atoms with E-state index in [1.54, 1.807) is 6.07 Å². The molecule has 1 aliphatic rings. The van der Waals surface area contributed by atoms with Gasteiger partial charge in [0.25, 0.3) is 5.69 Å². The Hall–Kier alpha value is -2.11. The van der Waals surface area contributed by atoms with Crippen molar-refractivity contribution in [2.24, 2.45) is 0 Å². The van der Waals surface area contributed by atoms with Crippen LogP contribution in [-0.2, 0) is 4.74 Å². The van der Waals surface area contributed by atoms with Crippen LogP contribution in [0.2, 0.25) is 5.02 Å². The predicted molar refractivity (Wildman–Crippen MR) is 90.2 cm³/mol. The van der Waals surface area contributed by atoms with Crippen LogP contribution >= 0.6 is 11.6 Å². The fraction of sp³-hybridized carbons (Fsp3) is 0.294. The summed E-state index contributed by atoms with van der Waals surface area (Å²) in [6.07, 6.45) is -0.0313. The van der Waals surface area contributed by atoms with Crippen LogP contribution in [0, 0.1) is 17.0 Å². The average Bonchev–Trinajstić information content (AvgIpc) is 2.55. The van der Waals surface area contributed by atoms with Gasteiger partial charge in [-0.2, -0.15) is 0 Å². The third-order valence-electron chi connectivity index (χ3n) is 4.08. The quantitative estimate of drug-likeness (QED) is 0.626. The Balaban J connectivity index is 1.84. The first-order valence-electron chi connectivity index (χ1n) is 7.42. The van der Waals surface area contributed by atoms with Gasteiger partial charge in [-0.1, -0.05) is 35.9 Å². The summed E-state index contributed by atoms with van der Waals surface area (Å²) in [4.78, 5) is 12.5. The van der Waals surface area contributed by atoms with Crippen molar-refractivity contribution < 1.29 is 9.66 Å². The van der Waals surface area contributed by atoms with Gasteiger partial charge in [0, 0.05) is 25.2 Å². The SMILES string of the molecule is Cc1ccccc1C1CN(c2ccc([N+](=O)[O-])cc2Cl)CCO1. The minimum Gasteiger partial charge on any atom is -0.370 e. The summed E-state index contributed by atoms with van der Waals surface area (Å²) in [5.74, 6) is 0. The zero-order valence-electron chi connectivity index (χ0n) is 12.7. The highest BCUT2D eigenvalue weighted by atomic mass is 35.5. The molecule has 0 radical (unpaired) electrons. The summed E-state index contributed by atoms with van der Waals surface area (Å²) in [5, 5.41) is 11.2. The lowest BCUT2D eigenvalue weighted by Gasteiger charge is -2.35. The molecular formula is C17H17ClN2O3. The van der Waals surface area contributed by atoms with E-state index in [4.69, 9.17) is 16.3 Å². The van der Waals surface area contributed by atoms with E-state index in [0.29, 0.717) is 24.7 Å². The maximum atomic E-state index is 10.8. The number of hydrogen-bond acceptors (Lipinski definition) is 4. The Kier molecular flexibility index (Phi) is 4.50. The number of anilines is 1. The van der Waals surface area contributed by atoms with E-state index in [1.165, 1.54) is 17.7 Å². The Bertz CT molecular complexity index is 736. The molecule has 1 unspecified atom stereocenters. The number of halogens is 1. The van der Waals surface area contributed by atoms with Crippen LogP contribution in [0.15, 0.2) is 42.5 Å². The molecule has 0 N–H and O–H groups in total. The van der Waals surface area contributed by atoms with Crippen molar-refractivity contribution in [3.8, 4) is 0 Å². The third kappa shape index (κ3) is 3.30. The van der Waals surface area contributed by atoms with Gasteiger partial charge in [-0.15, -0.1) is 0 Å². The molecule has 2 aromatic carbocycles. The van der Waals surface area contributed by atoms with E-state index in [-0.39, 0.29) is 11.8 Å². The fourth-order valence-corrected chi connectivity index (χ4v) is 3.16. The van der Waals surface area contributed by atoms with Crippen LogP contribution in [0.5, 0.6) is 0 Å². The number of nitro benzene ring substituents is 1. The smallest absolute Gasteiger partial charge is 0.271 e. The van der Waals surface area contributed by atoms with Crippen molar-refractivity contribution in [3.05, 3.63) is 68.7 Å². The summed E-state index contributed by atoms with van der Waals surface area (Å²) in [7, 11) is 0. The standard InChI is InChI=1S/C17H17ClN2O3/c1-12-4-2-3-5-14(12)17-11-19(8-9-23-17)16-7-6-13(20(21)22)10-15(16)18/h2-7,10,17H,8-9,11H2,1H3. The second-order valence-electron chi connectivity index (χ2n) is 5.55. The summed E-state index contributed by atoms with van der Waals surface area (Å²) in [6.45, 7) is 4.03. The van der Waals surface area contributed by atoms with Gasteiger partial charge in [0.1, 0.15) is 6.10 Å². The molecule has 1 saturated heterocycles. The monoisotopic (exact) mass is 332 g/mol. The van der Waals surface area contributed by atoms with Crippen molar-refractivity contribution in [3.63, 3.8) is 0 Å². The molecule has 0 saturated carbocycles. The number of non-ortho nitro benzene ring substituents is 1. The van der Waals surface area contributed by atoms with Crippen molar-refractivity contribution in [2.75, 3.05) is 24.6 Å². The number of rotatable bonds is 3. The number of benzene rings is 2. The van der Waals surface area contributed by atoms with E-state index >= 15 is 0 Å². The largest absolute Gasteiger partial charge is 0.370 e. The van der Waals surface area contributed by atoms with Crippen molar-refractivity contribution in [1.29, 1.82) is 0 Å². The molecule has 23 heavy (non-hydrogen) atoms. The van der Waals surface area contributed by atoms with Crippen molar-refractivity contribution in [2.45, 2.75) is 13.0 Å². The number of morpholine rings is 1. The van der Waals surface area contributed by atoms with Gasteiger partial charge in [-0.3, -0.25) is 10.1 Å². The van der Waals surface area contributed by atoms with Gasteiger partial charge in [0.2, 0.25) is 0 Å². The van der Waals surface area contributed by atoms with E-state index in [1.807, 2.05) is 12.1 Å². The van der Waals surface area contributed by atoms with Gasteiger partial charge in [-0.25, -0.2) is 0 Å². The molecule has 1 fully saturated rings. The van der Waals surface area contributed by atoms with E-state index in [2.05, 4.69) is 24.0 Å². The Morgan fingerprint density at radius 3 is 2.78 bits per heavy atom. The van der Waals surface area contributed by atoms with Crippen LogP contribution in [0.4, 0.5) is 11.4 Å². The zero-order valence-corrected chi connectivity index (χ0v) is 13.5. The molecular weight excluding hydrogens is 316 g/mol. The molecule has 0 aromatic heterocycles. The molecule has 2 aromatic rings. The first-order chi connectivity index (χ1) is 11.1.